The molecule has 0 aliphatic rings. The molecule has 0 saturated heterocycles. The maximum atomic E-state index is 5.26. The first-order chi connectivity index (χ1) is 54.9. The minimum Gasteiger partial charge on any atom is -0.309 e. The van der Waals surface area contributed by atoms with Gasteiger partial charge in [-0.1, -0.05) is 280 Å². The number of nitrogens with zero attached hydrogens (tertiary/aromatic N) is 10. The Labute approximate surface area is 639 Å². The minimum absolute atomic E-state index is 0.488. The summed E-state index contributed by atoms with van der Waals surface area (Å²) in [6.07, 6.45) is 7.86. The smallest absolute Gasteiger partial charge is 0.164 e. The van der Waals surface area contributed by atoms with E-state index in [1.165, 1.54) is 70.4 Å². The fourth-order valence-corrected chi connectivity index (χ4v) is 16.5. The Morgan fingerprint density at radius 3 is 1.01 bits per heavy atom. The number of hydrogen-bond donors (Lipinski definition) is 0. The SMILES string of the molecule is C=C(/C=C\C=C/C)c1nc(-c2ccc(-c3ccc(-c4nc(-c5ccccc5)nc(-c5ccc(-c6ccc(-n7c8ccccc8c8c9c%10ccccc%10n(-c%10ccccc%10)c9ccc87)cc6)cc5)n4)cc3)cc2)nc(-c2cccc(-n3c4ccccc4c4c5c6ccccc6n(-c6ccc7ccccc7c6)c5ccc43)c2)n1. The first kappa shape index (κ1) is 64.4. The van der Waals surface area contributed by atoms with E-state index in [1.54, 1.807) is 0 Å². The molecule has 10 nitrogen and oxygen atoms in total. The van der Waals surface area contributed by atoms with Crippen molar-refractivity contribution in [3.63, 3.8) is 0 Å². The minimum atomic E-state index is 0.488. The molecule has 0 aliphatic heterocycles. The molecule has 0 radical (unpaired) electrons. The molecule has 0 aliphatic carbocycles. The van der Waals surface area contributed by atoms with E-state index in [2.05, 4.69) is 340 Å². The van der Waals surface area contributed by atoms with Gasteiger partial charge in [0.05, 0.1) is 44.1 Å². The van der Waals surface area contributed by atoms with Crippen LogP contribution in [0.25, 0.3) is 206 Å². The summed E-state index contributed by atoms with van der Waals surface area (Å²) in [6, 6.07) is 123. The second-order valence-corrected chi connectivity index (χ2v) is 28.2. The maximum Gasteiger partial charge on any atom is 0.164 e. The zero-order valence-corrected chi connectivity index (χ0v) is 60.4. The molecule has 21 aromatic rings. The van der Waals surface area contributed by atoms with Crippen LogP contribution in [0.1, 0.15) is 12.7 Å². The predicted molar refractivity (Wildman–Crippen MR) is 459 cm³/mol. The van der Waals surface area contributed by atoms with E-state index in [1.807, 2.05) is 61.6 Å². The lowest BCUT2D eigenvalue weighted by atomic mass is 10.0. The van der Waals surface area contributed by atoms with Crippen molar-refractivity contribution in [2.45, 2.75) is 6.92 Å². The van der Waals surface area contributed by atoms with Gasteiger partial charge in [-0.05, 0) is 137 Å². The largest absolute Gasteiger partial charge is 0.309 e. The van der Waals surface area contributed by atoms with E-state index in [-0.39, 0.29) is 0 Å². The van der Waals surface area contributed by atoms with Gasteiger partial charge in [0.25, 0.3) is 0 Å². The Bertz CT molecular complexity index is 7370. The number of para-hydroxylation sites is 5. The first-order valence-corrected chi connectivity index (χ1v) is 37.5. The second-order valence-electron chi connectivity index (χ2n) is 28.2. The van der Waals surface area contributed by atoms with Crippen LogP contribution in [0, 0.1) is 0 Å². The van der Waals surface area contributed by atoms with Crippen LogP contribution < -0.4 is 0 Å². The van der Waals surface area contributed by atoms with Gasteiger partial charge in [0.15, 0.2) is 34.9 Å². The van der Waals surface area contributed by atoms with Gasteiger partial charge in [-0.2, -0.15) is 0 Å². The van der Waals surface area contributed by atoms with Gasteiger partial charge in [-0.25, -0.2) is 29.9 Å². The summed E-state index contributed by atoms with van der Waals surface area (Å²) in [5.41, 5.74) is 22.9. The molecule has 520 valence electrons. The molecule has 0 spiro atoms. The van der Waals surface area contributed by atoms with Gasteiger partial charge in [0, 0.05) is 99.2 Å². The maximum absolute atomic E-state index is 5.26. The van der Waals surface area contributed by atoms with Crippen LogP contribution in [0.3, 0.4) is 0 Å². The zero-order valence-electron chi connectivity index (χ0n) is 60.4. The molecule has 0 unspecified atom stereocenters. The monoisotopic (exact) mass is 1420 g/mol. The first-order valence-electron chi connectivity index (χ1n) is 37.5. The quantitative estimate of drug-likeness (QED) is 0.101. The number of rotatable bonds is 14. The number of hydrogen-bond acceptors (Lipinski definition) is 6. The van der Waals surface area contributed by atoms with Crippen LogP contribution in [0.2, 0.25) is 0 Å². The van der Waals surface area contributed by atoms with Crippen molar-refractivity contribution in [2.75, 3.05) is 0 Å². The molecule has 0 bridgehead atoms. The zero-order chi connectivity index (χ0) is 73.6. The summed E-state index contributed by atoms with van der Waals surface area (Å²) < 4.78 is 9.59. The average Bonchev–Trinajstić information content (AvgIpc) is 1.55. The Morgan fingerprint density at radius 1 is 0.243 bits per heavy atom. The van der Waals surface area contributed by atoms with Gasteiger partial charge in [0.1, 0.15) is 0 Å². The molecule has 21 rings (SSSR count). The van der Waals surface area contributed by atoms with Crippen molar-refractivity contribution >= 4 is 104 Å². The van der Waals surface area contributed by atoms with E-state index in [0.29, 0.717) is 40.5 Å². The standard InChI is InChI=1S/C101H66N10/c1-3-4-7-23-64(2)96-102-98(107-101(103-96)75-28-22-31-78(63-75)110-86-38-20-16-34-82(86)94-90(110)60-61-91-95(94)83-35-17-21-39-87(83)111(91)79-57-54-65-24-12-13-27-74(65)62-79)71-46-40-66(41-47-71)67-42-48-72(49-43-67)99-104-97(70-25-8-5-9-26-70)105-100(106-99)73-50-44-68(45-51-73)69-52-55-77(56-53-69)109-85-37-19-15-33-81(85)93-89(109)59-58-88-92(93)80-32-14-18-36-84(80)108(88)76-29-10-6-11-30-76/h3-63H,2H2,1H3/b4-3-,23-7-. The van der Waals surface area contributed by atoms with Crippen LogP contribution >= 0.6 is 0 Å². The molecule has 6 aromatic heterocycles. The third kappa shape index (κ3) is 10.9. The summed E-state index contributed by atoms with van der Waals surface area (Å²) >= 11 is 0. The van der Waals surface area contributed by atoms with Crippen LogP contribution in [-0.4, -0.2) is 48.2 Å². The Kier molecular flexibility index (Phi) is 15.4. The van der Waals surface area contributed by atoms with Crippen molar-refractivity contribution in [3.05, 3.63) is 382 Å². The third-order valence-corrected chi connectivity index (χ3v) is 21.7. The van der Waals surface area contributed by atoms with Crippen molar-refractivity contribution in [1.82, 2.24) is 48.2 Å². The lowest BCUT2D eigenvalue weighted by molar-refractivity contribution is 1.04. The second kappa shape index (κ2) is 26.5. The fraction of sp³-hybridized carbons (Fsp3) is 0.00990. The van der Waals surface area contributed by atoms with Crippen molar-refractivity contribution in [2.24, 2.45) is 0 Å². The molecule has 0 saturated carbocycles. The summed E-state index contributed by atoms with van der Waals surface area (Å²) in [7, 11) is 0. The molecule has 0 N–H and O–H groups in total. The van der Waals surface area contributed by atoms with Gasteiger partial charge >= 0.3 is 0 Å². The van der Waals surface area contributed by atoms with E-state index < -0.39 is 0 Å². The third-order valence-electron chi connectivity index (χ3n) is 21.7. The van der Waals surface area contributed by atoms with Crippen LogP contribution in [0.15, 0.2) is 377 Å². The molecule has 6 heterocycles. The summed E-state index contributed by atoms with van der Waals surface area (Å²) in [5.74, 6) is 3.33. The summed E-state index contributed by atoms with van der Waals surface area (Å²) in [4.78, 5) is 30.9. The lowest BCUT2D eigenvalue weighted by Gasteiger charge is -2.12. The molecule has 0 fully saturated rings. The van der Waals surface area contributed by atoms with Gasteiger partial charge in [-0.3, -0.25) is 0 Å². The van der Waals surface area contributed by atoms with Crippen LogP contribution in [0.4, 0.5) is 0 Å². The molecular formula is C101H66N10. The summed E-state index contributed by atoms with van der Waals surface area (Å²) in [6.45, 7) is 6.44. The summed E-state index contributed by atoms with van der Waals surface area (Å²) in [5, 5.41) is 12.2. The Hall–Kier alpha value is -15.0. The highest BCUT2D eigenvalue weighted by molar-refractivity contribution is 6.30. The van der Waals surface area contributed by atoms with E-state index in [9.17, 15) is 0 Å². The van der Waals surface area contributed by atoms with Crippen LogP contribution in [0.5, 0.6) is 0 Å². The number of benzene rings is 15. The van der Waals surface area contributed by atoms with Crippen molar-refractivity contribution in [3.8, 4) is 102 Å². The molecule has 0 atom stereocenters. The highest BCUT2D eigenvalue weighted by Gasteiger charge is 2.25. The van der Waals surface area contributed by atoms with E-state index in [0.717, 1.165) is 100 Å². The van der Waals surface area contributed by atoms with Gasteiger partial charge < -0.3 is 18.3 Å². The normalized spacial score (nSPS) is 12.0. The Balaban J connectivity index is 0.578. The molecular weight excluding hydrogens is 1350 g/mol. The number of fused-ring (bicyclic) bond motifs is 15. The molecule has 111 heavy (non-hydrogen) atoms. The number of allylic oxidation sites excluding steroid dienone is 5. The lowest BCUT2D eigenvalue weighted by Crippen LogP contribution is -2.02. The highest BCUT2D eigenvalue weighted by Crippen LogP contribution is 2.46. The van der Waals surface area contributed by atoms with E-state index >= 15 is 0 Å². The molecule has 10 heteroatoms. The Morgan fingerprint density at radius 2 is 0.559 bits per heavy atom. The highest BCUT2D eigenvalue weighted by atomic mass is 15.1. The van der Waals surface area contributed by atoms with Crippen LogP contribution in [-0.2, 0) is 0 Å². The predicted octanol–water partition coefficient (Wildman–Crippen LogP) is 25.4. The van der Waals surface area contributed by atoms with E-state index in [4.69, 9.17) is 29.9 Å². The van der Waals surface area contributed by atoms with Gasteiger partial charge in [-0.15, -0.1) is 0 Å². The fourth-order valence-electron chi connectivity index (χ4n) is 16.5. The van der Waals surface area contributed by atoms with Crippen molar-refractivity contribution < 1.29 is 0 Å². The molecule has 0 amide bonds. The van der Waals surface area contributed by atoms with Gasteiger partial charge in [0.2, 0.25) is 0 Å². The molecule has 15 aromatic carbocycles. The topological polar surface area (TPSA) is 97.1 Å². The average molecular weight is 1420 g/mol. The van der Waals surface area contributed by atoms with Crippen molar-refractivity contribution in [1.29, 1.82) is 0 Å². The number of aromatic nitrogens is 10.